The highest BCUT2D eigenvalue weighted by atomic mass is 16.5. The van der Waals surface area contributed by atoms with Crippen LogP contribution < -0.4 is 0 Å². The van der Waals surface area contributed by atoms with E-state index in [2.05, 4.69) is 6.58 Å². The average molecular weight is 272 g/mol. The molecule has 0 aromatic rings. The van der Waals surface area contributed by atoms with E-state index in [4.69, 9.17) is 14.6 Å². The first-order valence-electron chi connectivity index (χ1n) is 6.23. The number of esters is 2. The third-order valence-electron chi connectivity index (χ3n) is 2.23. The Hall–Kier alpha value is -1.85. The average Bonchev–Trinajstić information content (AvgIpc) is 2.38. The standard InChI is InChI=1S/C13H20O6/c1-2-12(16)18-9-5-6-10-19-13(17)8-4-3-7-11(14)15/h2H,1,3-10H2,(H,14,15). The Labute approximate surface area is 112 Å². The molecule has 0 unspecified atom stereocenters. The van der Waals surface area contributed by atoms with E-state index in [1.54, 1.807) is 0 Å². The number of ether oxygens (including phenoxy) is 2. The Bertz CT molecular complexity index is 310. The van der Waals surface area contributed by atoms with Crippen molar-refractivity contribution < 1.29 is 29.0 Å². The van der Waals surface area contributed by atoms with E-state index in [-0.39, 0.29) is 32.0 Å². The third kappa shape index (κ3) is 12.4. The minimum absolute atomic E-state index is 0.0714. The van der Waals surface area contributed by atoms with Crippen LogP contribution in [0.4, 0.5) is 0 Å². The van der Waals surface area contributed by atoms with Gasteiger partial charge in [-0.05, 0) is 25.7 Å². The molecule has 0 radical (unpaired) electrons. The lowest BCUT2D eigenvalue weighted by Crippen LogP contribution is -2.08. The summed E-state index contributed by atoms with van der Waals surface area (Å²) in [6, 6.07) is 0. The van der Waals surface area contributed by atoms with Crippen LogP contribution in [-0.4, -0.2) is 36.2 Å². The lowest BCUT2D eigenvalue weighted by atomic mass is 10.2. The Morgan fingerprint density at radius 3 is 2.11 bits per heavy atom. The summed E-state index contributed by atoms with van der Waals surface area (Å²) in [5, 5.41) is 8.40. The van der Waals surface area contributed by atoms with Gasteiger partial charge in [0.05, 0.1) is 13.2 Å². The molecule has 0 spiro atoms. The van der Waals surface area contributed by atoms with E-state index in [0.717, 1.165) is 6.08 Å². The second-order valence-electron chi connectivity index (χ2n) is 3.90. The summed E-state index contributed by atoms with van der Waals surface area (Å²) in [6.45, 7) is 3.82. The van der Waals surface area contributed by atoms with E-state index in [1.165, 1.54) is 0 Å². The molecule has 19 heavy (non-hydrogen) atoms. The fourth-order valence-corrected chi connectivity index (χ4v) is 1.24. The molecule has 0 saturated heterocycles. The molecule has 6 heteroatoms. The summed E-state index contributed by atoms with van der Waals surface area (Å²) >= 11 is 0. The van der Waals surface area contributed by atoms with Gasteiger partial charge in [-0.3, -0.25) is 9.59 Å². The molecule has 0 fully saturated rings. The summed E-state index contributed by atoms with van der Waals surface area (Å²) in [7, 11) is 0. The van der Waals surface area contributed by atoms with Crippen molar-refractivity contribution >= 4 is 17.9 Å². The van der Waals surface area contributed by atoms with Crippen molar-refractivity contribution in [2.24, 2.45) is 0 Å². The van der Waals surface area contributed by atoms with E-state index < -0.39 is 11.9 Å². The fourth-order valence-electron chi connectivity index (χ4n) is 1.24. The summed E-state index contributed by atoms with van der Waals surface area (Å²) in [6.07, 6.45) is 3.62. The van der Waals surface area contributed by atoms with Crippen molar-refractivity contribution in [3.05, 3.63) is 12.7 Å². The van der Waals surface area contributed by atoms with Crippen LogP contribution in [0.1, 0.15) is 38.5 Å². The van der Waals surface area contributed by atoms with Crippen molar-refractivity contribution in [3.63, 3.8) is 0 Å². The lowest BCUT2D eigenvalue weighted by Gasteiger charge is -2.05. The van der Waals surface area contributed by atoms with Crippen LogP contribution in [-0.2, 0) is 23.9 Å². The summed E-state index contributed by atoms with van der Waals surface area (Å²) in [5.74, 6) is -1.65. The number of carboxylic acid groups (broad SMARTS) is 1. The third-order valence-corrected chi connectivity index (χ3v) is 2.23. The molecule has 0 aliphatic carbocycles. The quantitative estimate of drug-likeness (QED) is 0.349. The second-order valence-corrected chi connectivity index (χ2v) is 3.90. The summed E-state index contributed by atoms with van der Waals surface area (Å²) in [5.41, 5.74) is 0. The van der Waals surface area contributed by atoms with Crippen molar-refractivity contribution in [1.29, 1.82) is 0 Å². The molecule has 0 saturated carbocycles. The minimum atomic E-state index is -0.859. The SMILES string of the molecule is C=CC(=O)OCCCCOC(=O)CCCCC(=O)O. The highest BCUT2D eigenvalue weighted by Gasteiger charge is 2.04. The van der Waals surface area contributed by atoms with Gasteiger partial charge in [0.2, 0.25) is 0 Å². The molecule has 0 atom stereocenters. The molecule has 108 valence electrons. The molecule has 6 nitrogen and oxygen atoms in total. The molecule has 0 bridgehead atoms. The number of carboxylic acids is 1. The molecule has 0 aliphatic rings. The predicted molar refractivity (Wildman–Crippen MR) is 67.5 cm³/mol. The normalized spacial score (nSPS) is 9.68. The van der Waals surface area contributed by atoms with Crippen LogP contribution in [0.5, 0.6) is 0 Å². The van der Waals surface area contributed by atoms with Gasteiger partial charge < -0.3 is 14.6 Å². The van der Waals surface area contributed by atoms with Crippen molar-refractivity contribution in [1.82, 2.24) is 0 Å². The lowest BCUT2D eigenvalue weighted by molar-refractivity contribution is -0.145. The molecule has 0 aliphatic heterocycles. The number of aliphatic carboxylic acids is 1. The maximum atomic E-state index is 11.2. The van der Waals surface area contributed by atoms with Crippen LogP contribution >= 0.6 is 0 Å². The molecule has 0 aromatic carbocycles. The smallest absolute Gasteiger partial charge is 0.330 e. The highest BCUT2D eigenvalue weighted by molar-refractivity contribution is 5.81. The maximum absolute atomic E-state index is 11.2. The zero-order valence-electron chi connectivity index (χ0n) is 10.9. The van der Waals surface area contributed by atoms with Gasteiger partial charge in [0.25, 0.3) is 0 Å². The van der Waals surface area contributed by atoms with Crippen LogP contribution in [0.3, 0.4) is 0 Å². The Morgan fingerprint density at radius 2 is 1.53 bits per heavy atom. The van der Waals surface area contributed by atoms with Crippen molar-refractivity contribution in [2.75, 3.05) is 13.2 Å². The van der Waals surface area contributed by atoms with Gasteiger partial charge in [-0.2, -0.15) is 0 Å². The first-order valence-corrected chi connectivity index (χ1v) is 6.23. The zero-order valence-corrected chi connectivity index (χ0v) is 10.9. The van der Waals surface area contributed by atoms with Gasteiger partial charge in [-0.1, -0.05) is 6.58 Å². The highest BCUT2D eigenvalue weighted by Crippen LogP contribution is 2.02. The minimum Gasteiger partial charge on any atom is -0.481 e. The first-order chi connectivity index (χ1) is 9.06. The largest absolute Gasteiger partial charge is 0.481 e. The molecule has 0 heterocycles. The number of carbonyl (C=O) groups excluding carboxylic acids is 2. The molecule has 0 amide bonds. The van der Waals surface area contributed by atoms with E-state index in [1.807, 2.05) is 0 Å². The van der Waals surface area contributed by atoms with Gasteiger partial charge in [-0.25, -0.2) is 4.79 Å². The fraction of sp³-hybridized carbons (Fsp3) is 0.615. The monoisotopic (exact) mass is 272 g/mol. The van der Waals surface area contributed by atoms with Crippen LogP contribution in [0.2, 0.25) is 0 Å². The van der Waals surface area contributed by atoms with Crippen molar-refractivity contribution in [2.45, 2.75) is 38.5 Å². The number of unbranched alkanes of at least 4 members (excludes halogenated alkanes) is 2. The summed E-state index contributed by atoms with van der Waals surface area (Å²) in [4.78, 5) is 32.1. The zero-order chi connectivity index (χ0) is 14.5. The number of carbonyl (C=O) groups is 3. The molecule has 1 N–H and O–H groups in total. The topological polar surface area (TPSA) is 89.9 Å². The number of hydrogen-bond acceptors (Lipinski definition) is 5. The number of rotatable bonds is 11. The van der Waals surface area contributed by atoms with Crippen LogP contribution in [0.25, 0.3) is 0 Å². The summed E-state index contributed by atoms with van der Waals surface area (Å²) < 4.78 is 9.68. The van der Waals surface area contributed by atoms with Gasteiger partial charge in [-0.15, -0.1) is 0 Å². The first kappa shape index (κ1) is 17.2. The second kappa shape index (κ2) is 11.3. The van der Waals surface area contributed by atoms with E-state index >= 15 is 0 Å². The van der Waals surface area contributed by atoms with E-state index in [9.17, 15) is 14.4 Å². The van der Waals surface area contributed by atoms with Crippen LogP contribution in [0, 0.1) is 0 Å². The van der Waals surface area contributed by atoms with Gasteiger partial charge >= 0.3 is 17.9 Å². The Balaban J connectivity index is 3.31. The Kier molecular flexibility index (Phi) is 10.2. The van der Waals surface area contributed by atoms with Crippen LogP contribution in [0.15, 0.2) is 12.7 Å². The Morgan fingerprint density at radius 1 is 0.947 bits per heavy atom. The van der Waals surface area contributed by atoms with Gasteiger partial charge in [0.1, 0.15) is 0 Å². The van der Waals surface area contributed by atoms with Crippen molar-refractivity contribution in [3.8, 4) is 0 Å². The molecule has 0 rings (SSSR count). The predicted octanol–water partition coefficient (Wildman–Crippen LogP) is 1.68. The van der Waals surface area contributed by atoms with E-state index in [0.29, 0.717) is 25.7 Å². The van der Waals surface area contributed by atoms with Gasteiger partial charge in [0.15, 0.2) is 0 Å². The maximum Gasteiger partial charge on any atom is 0.330 e. The molecular weight excluding hydrogens is 252 g/mol. The molecule has 0 aromatic heterocycles. The number of hydrogen-bond donors (Lipinski definition) is 1. The molecular formula is C13H20O6. The van der Waals surface area contributed by atoms with Gasteiger partial charge in [0, 0.05) is 18.9 Å².